The number of fused-ring (bicyclic) bond motifs is 1. The second kappa shape index (κ2) is 6.07. The molecule has 2 aliphatic heterocycles. The van der Waals surface area contributed by atoms with E-state index >= 15 is 0 Å². The highest BCUT2D eigenvalue weighted by Crippen LogP contribution is 2.29. The van der Waals surface area contributed by atoms with Gasteiger partial charge >= 0.3 is 0 Å². The number of aromatic nitrogens is 2. The highest BCUT2D eigenvalue weighted by Gasteiger charge is 2.31. The summed E-state index contributed by atoms with van der Waals surface area (Å²) in [6.45, 7) is 3.04. The minimum Gasteiger partial charge on any atom is -0.315 e. The van der Waals surface area contributed by atoms with Crippen LogP contribution in [0.1, 0.15) is 40.9 Å². The Morgan fingerprint density at radius 1 is 1.39 bits per heavy atom. The van der Waals surface area contributed by atoms with Crippen molar-refractivity contribution in [1.82, 2.24) is 20.4 Å². The van der Waals surface area contributed by atoms with Gasteiger partial charge in [0.15, 0.2) is 0 Å². The van der Waals surface area contributed by atoms with E-state index in [0.29, 0.717) is 0 Å². The zero-order chi connectivity index (χ0) is 15.8. The van der Waals surface area contributed by atoms with Gasteiger partial charge in [0.2, 0.25) is 5.91 Å². The number of anilines is 1. The third-order valence-corrected chi connectivity index (χ3v) is 5.66. The number of hydrazine groups is 1. The molecule has 0 saturated carbocycles. The summed E-state index contributed by atoms with van der Waals surface area (Å²) in [7, 11) is 0. The van der Waals surface area contributed by atoms with E-state index in [-0.39, 0.29) is 18.0 Å². The molecule has 1 saturated heterocycles. The summed E-state index contributed by atoms with van der Waals surface area (Å²) < 4.78 is 2.13. The standard InChI is InChI=1S/C16H21N5OS/c1-10-5-6-13(23-10)11-8-12(20-19-11)16(22)18-15-9-17-14-4-2-3-7-21(14)15/h5-6,9,11-12,19-20H,2-4,7-8H2,1H3,(H,18,22). The SMILES string of the molecule is Cc1ccc(C2CC(C(=O)Nc3cnc4n3CCCC4)NN2)s1. The number of hydrogen-bond acceptors (Lipinski definition) is 5. The van der Waals surface area contributed by atoms with Crippen molar-refractivity contribution in [3.05, 3.63) is 33.9 Å². The predicted octanol–water partition coefficient (Wildman–Crippen LogP) is 2.14. The lowest BCUT2D eigenvalue weighted by Gasteiger charge is -2.17. The third-order valence-electron chi connectivity index (χ3n) is 4.55. The molecule has 2 aliphatic rings. The molecule has 2 aromatic heterocycles. The maximum atomic E-state index is 12.5. The molecule has 7 heteroatoms. The molecule has 0 radical (unpaired) electrons. The first kappa shape index (κ1) is 14.9. The van der Waals surface area contributed by atoms with Gasteiger partial charge in [-0.1, -0.05) is 0 Å². The molecule has 6 nitrogen and oxygen atoms in total. The van der Waals surface area contributed by atoms with E-state index in [1.165, 1.54) is 16.2 Å². The van der Waals surface area contributed by atoms with Crippen LogP contribution < -0.4 is 16.2 Å². The number of carbonyl (C=O) groups is 1. The van der Waals surface area contributed by atoms with Gasteiger partial charge in [0.25, 0.3) is 0 Å². The third kappa shape index (κ3) is 2.91. The first-order valence-corrected chi connectivity index (χ1v) is 8.95. The number of nitrogens with zero attached hydrogens (tertiary/aromatic N) is 2. The fourth-order valence-corrected chi connectivity index (χ4v) is 4.23. The zero-order valence-electron chi connectivity index (χ0n) is 13.1. The highest BCUT2D eigenvalue weighted by molar-refractivity contribution is 7.12. The number of aryl methyl sites for hydroxylation is 2. The van der Waals surface area contributed by atoms with Crippen molar-refractivity contribution in [2.45, 2.75) is 51.2 Å². The average molecular weight is 331 g/mol. The fourth-order valence-electron chi connectivity index (χ4n) is 3.28. The van der Waals surface area contributed by atoms with Gasteiger partial charge in [0.1, 0.15) is 17.7 Å². The topological polar surface area (TPSA) is 71.0 Å². The van der Waals surface area contributed by atoms with Crippen LogP contribution in [-0.4, -0.2) is 21.5 Å². The molecular weight excluding hydrogens is 310 g/mol. The number of hydrogen-bond donors (Lipinski definition) is 3. The summed E-state index contributed by atoms with van der Waals surface area (Å²) in [4.78, 5) is 19.5. The van der Waals surface area contributed by atoms with Crippen LogP contribution in [0.25, 0.3) is 0 Å². The lowest BCUT2D eigenvalue weighted by atomic mass is 10.1. The Kier molecular flexibility index (Phi) is 3.92. The molecule has 3 N–H and O–H groups in total. The molecule has 2 aromatic rings. The van der Waals surface area contributed by atoms with Crippen molar-refractivity contribution in [2.75, 3.05) is 5.32 Å². The number of amides is 1. The minimum atomic E-state index is -0.225. The number of carbonyl (C=O) groups excluding carboxylic acids is 1. The summed E-state index contributed by atoms with van der Waals surface area (Å²) in [6, 6.07) is 4.22. The van der Waals surface area contributed by atoms with Crippen LogP contribution >= 0.6 is 11.3 Å². The number of imidazole rings is 1. The molecule has 0 bridgehead atoms. The van der Waals surface area contributed by atoms with Gasteiger partial charge in [-0.15, -0.1) is 11.3 Å². The number of thiophene rings is 1. The molecular formula is C16H21N5OS. The lowest BCUT2D eigenvalue weighted by molar-refractivity contribution is -0.117. The molecule has 1 fully saturated rings. The van der Waals surface area contributed by atoms with E-state index in [1.54, 1.807) is 17.5 Å². The summed E-state index contributed by atoms with van der Waals surface area (Å²) >= 11 is 1.77. The first-order valence-electron chi connectivity index (χ1n) is 8.13. The van der Waals surface area contributed by atoms with Crippen molar-refractivity contribution in [3.63, 3.8) is 0 Å². The van der Waals surface area contributed by atoms with Crippen molar-refractivity contribution in [2.24, 2.45) is 0 Å². The van der Waals surface area contributed by atoms with Gasteiger partial charge in [0.05, 0.1) is 12.2 Å². The van der Waals surface area contributed by atoms with Gasteiger partial charge in [-0.25, -0.2) is 15.8 Å². The largest absolute Gasteiger partial charge is 0.315 e. The van der Waals surface area contributed by atoms with Crippen LogP contribution in [-0.2, 0) is 17.8 Å². The molecule has 0 aliphatic carbocycles. The summed E-state index contributed by atoms with van der Waals surface area (Å²) in [5.74, 6) is 1.90. The molecule has 2 unspecified atom stereocenters. The van der Waals surface area contributed by atoms with E-state index in [1.807, 2.05) is 0 Å². The molecule has 4 rings (SSSR count). The van der Waals surface area contributed by atoms with E-state index < -0.39 is 0 Å². The van der Waals surface area contributed by atoms with Gasteiger partial charge in [-0.05, 0) is 38.3 Å². The van der Waals surface area contributed by atoms with E-state index in [4.69, 9.17) is 0 Å². The number of nitrogens with one attached hydrogen (secondary N) is 3. The van der Waals surface area contributed by atoms with Crippen LogP contribution in [0.4, 0.5) is 5.82 Å². The van der Waals surface area contributed by atoms with Gasteiger partial charge in [-0.3, -0.25) is 4.79 Å². The van der Waals surface area contributed by atoms with Crippen molar-refractivity contribution in [3.8, 4) is 0 Å². The quantitative estimate of drug-likeness (QED) is 0.806. The van der Waals surface area contributed by atoms with Gasteiger partial charge in [-0.2, -0.15) is 0 Å². The van der Waals surface area contributed by atoms with Crippen LogP contribution in [0, 0.1) is 6.92 Å². The minimum absolute atomic E-state index is 0.00144. The molecule has 1 amide bonds. The molecule has 23 heavy (non-hydrogen) atoms. The van der Waals surface area contributed by atoms with Crippen LogP contribution in [0.2, 0.25) is 0 Å². The fraction of sp³-hybridized carbons (Fsp3) is 0.500. The number of rotatable bonds is 3. The van der Waals surface area contributed by atoms with Crippen molar-refractivity contribution < 1.29 is 4.79 Å². The summed E-state index contributed by atoms with van der Waals surface area (Å²) in [6.07, 6.45) is 5.86. The second-order valence-corrected chi connectivity index (χ2v) is 7.56. The molecule has 0 spiro atoms. The Labute approximate surface area is 139 Å². The average Bonchev–Trinajstić information content (AvgIpc) is 3.27. The smallest absolute Gasteiger partial charge is 0.244 e. The van der Waals surface area contributed by atoms with E-state index in [2.05, 4.69) is 44.8 Å². The Morgan fingerprint density at radius 3 is 3.13 bits per heavy atom. The molecule has 4 heterocycles. The maximum Gasteiger partial charge on any atom is 0.244 e. The van der Waals surface area contributed by atoms with Crippen LogP contribution in [0.3, 0.4) is 0 Å². The van der Waals surface area contributed by atoms with Gasteiger partial charge < -0.3 is 9.88 Å². The van der Waals surface area contributed by atoms with E-state index in [9.17, 15) is 4.79 Å². The lowest BCUT2D eigenvalue weighted by Crippen LogP contribution is -2.40. The molecule has 2 atom stereocenters. The zero-order valence-corrected chi connectivity index (χ0v) is 13.9. The maximum absolute atomic E-state index is 12.5. The Balaban J connectivity index is 1.41. The Morgan fingerprint density at radius 2 is 2.30 bits per heavy atom. The van der Waals surface area contributed by atoms with Crippen molar-refractivity contribution in [1.29, 1.82) is 0 Å². The Bertz CT molecular complexity index is 722. The van der Waals surface area contributed by atoms with Gasteiger partial charge in [0, 0.05) is 22.7 Å². The van der Waals surface area contributed by atoms with Crippen LogP contribution in [0.5, 0.6) is 0 Å². The predicted molar refractivity (Wildman–Crippen MR) is 90.3 cm³/mol. The molecule has 122 valence electrons. The molecule has 0 aromatic carbocycles. The summed E-state index contributed by atoms with van der Waals surface area (Å²) in [5, 5.41) is 3.03. The van der Waals surface area contributed by atoms with Crippen LogP contribution in [0.15, 0.2) is 18.3 Å². The van der Waals surface area contributed by atoms with Crippen molar-refractivity contribution >= 4 is 23.1 Å². The summed E-state index contributed by atoms with van der Waals surface area (Å²) in [5.41, 5.74) is 6.36. The monoisotopic (exact) mass is 331 g/mol. The second-order valence-electron chi connectivity index (χ2n) is 6.24. The normalized spacial score (nSPS) is 23.7. The first-order chi connectivity index (χ1) is 11.2. The Hall–Kier alpha value is -1.70. The van der Waals surface area contributed by atoms with E-state index in [0.717, 1.165) is 37.4 Å². The highest BCUT2D eigenvalue weighted by atomic mass is 32.1.